The van der Waals surface area contributed by atoms with Crippen molar-refractivity contribution in [2.75, 3.05) is 26.7 Å². The van der Waals surface area contributed by atoms with Gasteiger partial charge in [0.15, 0.2) is 0 Å². The van der Waals surface area contributed by atoms with Crippen LogP contribution >= 0.6 is 0 Å². The van der Waals surface area contributed by atoms with Crippen molar-refractivity contribution in [1.82, 2.24) is 10.2 Å². The van der Waals surface area contributed by atoms with Gasteiger partial charge in [-0.2, -0.15) is 0 Å². The molecule has 13 heavy (non-hydrogen) atoms. The maximum atomic E-state index is 10.8. The second kappa shape index (κ2) is 4.23. The van der Waals surface area contributed by atoms with Crippen molar-refractivity contribution in [2.24, 2.45) is 11.7 Å². The summed E-state index contributed by atoms with van der Waals surface area (Å²) in [4.78, 5) is 23.3. The van der Waals surface area contributed by atoms with Crippen LogP contribution in [-0.4, -0.2) is 43.4 Å². The number of carbonyl (C=O) groups is 2. The van der Waals surface area contributed by atoms with Gasteiger partial charge in [0.1, 0.15) is 0 Å². The molecule has 1 heterocycles. The lowest BCUT2D eigenvalue weighted by molar-refractivity contribution is -0.137. The molecule has 0 aromatic carbocycles. The van der Waals surface area contributed by atoms with Crippen LogP contribution in [0.1, 0.15) is 6.42 Å². The highest BCUT2D eigenvalue weighted by atomic mass is 16.2. The highest BCUT2D eigenvalue weighted by Gasteiger charge is 2.20. The van der Waals surface area contributed by atoms with E-state index in [0.29, 0.717) is 12.5 Å². The maximum Gasteiger partial charge on any atom is 0.309 e. The Labute approximate surface area is 77.3 Å². The fraction of sp³-hybridized carbons (Fsp3) is 0.750. The van der Waals surface area contributed by atoms with Crippen molar-refractivity contribution < 1.29 is 9.59 Å². The van der Waals surface area contributed by atoms with Crippen molar-refractivity contribution in [2.45, 2.75) is 6.42 Å². The minimum absolute atomic E-state index is 0.452. The van der Waals surface area contributed by atoms with E-state index in [1.54, 1.807) is 0 Å². The van der Waals surface area contributed by atoms with E-state index in [0.717, 1.165) is 19.5 Å². The molecule has 1 fully saturated rings. The average molecular weight is 185 g/mol. The third kappa shape index (κ3) is 3.02. The Morgan fingerprint density at radius 1 is 1.62 bits per heavy atom. The third-order valence-corrected chi connectivity index (χ3v) is 2.26. The van der Waals surface area contributed by atoms with E-state index in [2.05, 4.69) is 10.2 Å². The zero-order valence-electron chi connectivity index (χ0n) is 7.75. The Hall–Kier alpha value is -1.10. The number of hydrogen-bond acceptors (Lipinski definition) is 3. The number of nitrogens with zero attached hydrogens (tertiary/aromatic N) is 1. The van der Waals surface area contributed by atoms with Gasteiger partial charge >= 0.3 is 11.8 Å². The Morgan fingerprint density at radius 2 is 2.31 bits per heavy atom. The lowest BCUT2D eigenvalue weighted by Gasteiger charge is -2.10. The molecule has 5 heteroatoms. The van der Waals surface area contributed by atoms with Gasteiger partial charge in [0.2, 0.25) is 0 Å². The minimum atomic E-state index is -0.911. The predicted molar refractivity (Wildman–Crippen MR) is 47.8 cm³/mol. The van der Waals surface area contributed by atoms with Crippen LogP contribution in [0.4, 0.5) is 0 Å². The average Bonchev–Trinajstić information content (AvgIpc) is 2.47. The molecule has 1 atom stereocenters. The van der Waals surface area contributed by atoms with Crippen LogP contribution in [0.15, 0.2) is 0 Å². The van der Waals surface area contributed by atoms with Gasteiger partial charge < -0.3 is 16.0 Å². The fourth-order valence-corrected chi connectivity index (χ4v) is 1.52. The minimum Gasteiger partial charge on any atom is -0.361 e. The summed E-state index contributed by atoms with van der Waals surface area (Å²) in [5.41, 5.74) is 4.79. The Balaban J connectivity index is 2.20. The lowest BCUT2D eigenvalue weighted by atomic mass is 10.1. The molecule has 5 nitrogen and oxygen atoms in total. The molecule has 1 rings (SSSR count). The van der Waals surface area contributed by atoms with E-state index >= 15 is 0 Å². The van der Waals surface area contributed by atoms with Crippen LogP contribution in [0.3, 0.4) is 0 Å². The number of amides is 2. The van der Waals surface area contributed by atoms with Gasteiger partial charge in [-0.3, -0.25) is 9.59 Å². The van der Waals surface area contributed by atoms with Crippen molar-refractivity contribution >= 4 is 11.8 Å². The second-order valence-electron chi connectivity index (χ2n) is 3.49. The van der Waals surface area contributed by atoms with Crippen molar-refractivity contribution in [3.63, 3.8) is 0 Å². The summed E-state index contributed by atoms with van der Waals surface area (Å²) in [5.74, 6) is -1.14. The zero-order valence-corrected chi connectivity index (χ0v) is 7.75. The van der Waals surface area contributed by atoms with Gasteiger partial charge in [-0.1, -0.05) is 0 Å². The van der Waals surface area contributed by atoms with E-state index in [4.69, 9.17) is 5.73 Å². The molecule has 3 N–H and O–H groups in total. The van der Waals surface area contributed by atoms with Gasteiger partial charge in [-0.25, -0.2) is 0 Å². The molecule has 1 unspecified atom stereocenters. The van der Waals surface area contributed by atoms with Gasteiger partial charge in [-0.05, 0) is 25.9 Å². The second-order valence-corrected chi connectivity index (χ2v) is 3.49. The number of likely N-dealkylation sites (tertiary alicyclic amines) is 1. The quantitative estimate of drug-likeness (QED) is 0.516. The maximum absolute atomic E-state index is 10.8. The molecule has 0 radical (unpaired) electrons. The first-order valence-electron chi connectivity index (χ1n) is 4.35. The number of nitrogens with one attached hydrogen (secondary N) is 1. The number of rotatable bonds is 2. The molecule has 0 bridgehead atoms. The van der Waals surface area contributed by atoms with Crippen LogP contribution in [-0.2, 0) is 9.59 Å². The van der Waals surface area contributed by atoms with E-state index in [-0.39, 0.29) is 0 Å². The number of carbonyl (C=O) groups excluding carboxylic acids is 2. The van der Waals surface area contributed by atoms with Gasteiger partial charge in [-0.15, -0.1) is 0 Å². The SMILES string of the molecule is CN1CCC(CNC(=O)C(N)=O)C1. The molecular formula is C8H15N3O2. The van der Waals surface area contributed by atoms with Gasteiger partial charge in [0, 0.05) is 13.1 Å². The topological polar surface area (TPSA) is 75.4 Å². The third-order valence-electron chi connectivity index (χ3n) is 2.26. The molecule has 0 saturated carbocycles. The molecule has 0 spiro atoms. The molecule has 1 aliphatic heterocycles. The van der Waals surface area contributed by atoms with Crippen LogP contribution in [0.5, 0.6) is 0 Å². The number of primary amides is 1. The summed E-state index contributed by atoms with van der Waals surface area (Å²) in [6.07, 6.45) is 1.07. The van der Waals surface area contributed by atoms with Crippen LogP contribution < -0.4 is 11.1 Å². The smallest absolute Gasteiger partial charge is 0.309 e. The standard InChI is InChI=1S/C8H15N3O2/c1-11-3-2-6(5-11)4-10-8(13)7(9)12/h6H,2-5H2,1H3,(H2,9,12)(H,10,13). The number of hydrogen-bond donors (Lipinski definition) is 2. The highest BCUT2D eigenvalue weighted by molar-refractivity contribution is 6.34. The summed E-state index contributed by atoms with van der Waals surface area (Å²) in [7, 11) is 2.04. The molecule has 1 aliphatic rings. The molecule has 1 saturated heterocycles. The molecular weight excluding hydrogens is 170 g/mol. The normalized spacial score (nSPS) is 23.0. The Morgan fingerprint density at radius 3 is 2.77 bits per heavy atom. The fourth-order valence-electron chi connectivity index (χ4n) is 1.52. The van der Waals surface area contributed by atoms with E-state index in [1.165, 1.54) is 0 Å². The van der Waals surface area contributed by atoms with Crippen LogP contribution in [0, 0.1) is 5.92 Å². The first-order valence-corrected chi connectivity index (χ1v) is 4.35. The van der Waals surface area contributed by atoms with Gasteiger partial charge in [0.25, 0.3) is 0 Å². The predicted octanol–water partition coefficient (Wildman–Crippen LogP) is -1.46. The lowest BCUT2D eigenvalue weighted by Crippen LogP contribution is -2.39. The van der Waals surface area contributed by atoms with Crippen LogP contribution in [0.25, 0.3) is 0 Å². The first kappa shape index (κ1) is 9.98. The molecule has 74 valence electrons. The van der Waals surface area contributed by atoms with Crippen LogP contribution in [0.2, 0.25) is 0 Å². The molecule has 2 amide bonds. The largest absolute Gasteiger partial charge is 0.361 e. The summed E-state index contributed by atoms with van der Waals surface area (Å²) >= 11 is 0. The molecule has 0 aliphatic carbocycles. The molecule has 0 aromatic rings. The van der Waals surface area contributed by atoms with E-state index < -0.39 is 11.8 Å². The summed E-state index contributed by atoms with van der Waals surface area (Å²) in [5, 5.41) is 2.50. The number of nitrogens with two attached hydrogens (primary N) is 1. The van der Waals surface area contributed by atoms with E-state index in [9.17, 15) is 9.59 Å². The zero-order chi connectivity index (χ0) is 9.84. The Bertz CT molecular complexity index is 217. The van der Waals surface area contributed by atoms with Crippen molar-refractivity contribution in [3.8, 4) is 0 Å². The van der Waals surface area contributed by atoms with Gasteiger partial charge in [0.05, 0.1) is 0 Å². The first-order chi connectivity index (χ1) is 6.09. The molecule has 0 aromatic heterocycles. The summed E-state index contributed by atoms with van der Waals surface area (Å²) in [6.45, 7) is 2.57. The van der Waals surface area contributed by atoms with Crippen molar-refractivity contribution in [1.29, 1.82) is 0 Å². The van der Waals surface area contributed by atoms with Crippen molar-refractivity contribution in [3.05, 3.63) is 0 Å². The summed E-state index contributed by atoms with van der Waals surface area (Å²) in [6, 6.07) is 0. The highest BCUT2D eigenvalue weighted by Crippen LogP contribution is 2.12. The summed E-state index contributed by atoms with van der Waals surface area (Å²) < 4.78 is 0. The Kier molecular flexibility index (Phi) is 3.25. The van der Waals surface area contributed by atoms with E-state index in [1.807, 2.05) is 7.05 Å². The monoisotopic (exact) mass is 185 g/mol.